The smallest absolute Gasteiger partial charge is 0.166 e. The van der Waals surface area contributed by atoms with E-state index < -0.39 is 15.2 Å². The summed E-state index contributed by atoms with van der Waals surface area (Å²) in [5.74, 6) is 1.64. The maximum atomic E-state index is 12.4. The van der Waals surface area contributed by atoms with Gasteiger partial charge in [0, 0.05) is 29.8 Å². The fourth-order valence-electron chi connectivity index (χ4n) is 2.64. The molecule has 1 aromatic rings. The molecular formula is C15H20N2O2S2. The second kappa shape index (κ2) is 7.30. The molecule has 0 aromatic heterocycles. The first kappa shape index (κ1) is 16.3. The van der Waals surface area contributed by atoms with Gasteiger partial charge < -0.3 is 0 Å². The van der Waals surface area contributed by atoms with Crippen LogP contribution in [0.15, 0.2) is 30.3 Å². The molecule has 1 saturated heterocycles. The second-order valence-electron chi connectivity index (χ2n) is 5.01. The summed E-state index contributed by atoms with van der Waals surface area (Å²) in [5, 5.41) is 8.66. The average Bonchev–Trinajstić information content (AvgIpc) is 2.53. The Labute approximate surface area is 131 Å². The lowest BCUT2D eigenvalue weighted by Crippen LogP contribution is -2.49. The summed E-state index contributed by atoms with van der Waals surface area (Å²) in [4.78, 5) is 2.01. The van der Waals surface area contributed by atoms with Crippen molar-refractivity contribution in [1.29, 1.82) is 5.26 Å². The zero-order chi connectivity index (χ0) is 15.3. The molecular weight excluding hydrogens is 304 g/mol. The molecule has 0 N–H and O–H groups in total. The Morgan fingerprint density at radius 2 is 2.14 bits per heavy atom. The Morgan fingerprint density at radius 3 is 2.76 bits per heavy atom. The van der Waals surface area contributed by atoms with E-state index in [4.69, 9.17) is 5.26 Å². The molecule has 1 fully saturated rings. The Kier molecular flexibility index (Phi) is 5.68. The maximum Gasteiger partial charge on any atom is 0.166 e. The Balaban J connectivity index is 2.35. The molecule has 0 spiro atoms. The van der Waals surface area contributed by atoms with Gasteiger partial charge in [-0.3, -0.25) is 4.90 Å². The summed E-state index contributed by atoms with van der Waals surface area (Å²) < 4.78 is 24.7. The van der Waals surface area contributed by atoms with Crippen LogP contribution < -0.4 is 0 Å². The van der Waals surface area contributed by atoms with E-state index in [2.05, 4.69) is 6.07 Å². The summed E-state index contributed by atoms with van der Waals surface area (Å²) in [5.41, 5.74) is 1.02. The predicted molar refractivity (Wildman–Crippen MR) is 86.7 cm³/mol. The number of nitrogens with zero attached hydrogens (tertiary/aromatic N) is 2. The van der Waals surface area contributed by atoms with Crippen LogP contribution in [-0.4, -0.2) is 42.5 Å². The van der Waals surface area contributed by atoms with E-state index in [1.54, 1.807) is 18.7 Å². The molecule has 2 unspecified atom stereocenters. The number of rotatable bonds is 5. The van der Waals surface area contributed by atoms with Gasteiger partial charge >= 0.3 is 0 Å². The highest BCUT2D eigenvalue weighted by Crippen LogP contribution is 2.32. The first-order valence-electron chi connectivity index (χ1n) is 7.07. The van der Waals surface area contributed by atoms with Gasteiger partial charge in [0.1, 0.15) is 5.37 Å². The monoisotopic (exact) mass is 324 g/mol. The topological polar surface area (TPSA) is 61.2 Å². The van der Waals surface area contributed by atoms with Crippen molar-refractivity contribution in [1.82, 2.24) is 4.90 Å². The molecule has 2 rings (SSSR count). The van der Waals surface area contributed by atoms with Crippen molar-refractivity contribution in [3.8, 4) is 6.07 Å². The van der Waals surface area contributed by atoms with Gasteiger partial charge in [0.2, 0.25) is 0 Å². The fourth-order valence-corrected chi connectivity index (χ4v) is 5.71. The van der Waals surface area contributed by atoms with Gasteiger partial charge in [-0.05, 0) is 5.56 Å². The van der Waals surface area contributed by atoms with Gasteiger partial charge in [0.15, 0.2) is 9.84 Å². The molecule has 21 heavy (non-hydrogen) atoms. The van der Waals surface area contributed by atoms with Crippen molar-refractivity contribution >= 4 is 21.6 Å². The Bertz CT molecular complexity index is 596. The Morgan fingerprint density at radius 1 is 1.43 bits per heavy atom. The van der Waals surface area contributed by atoms with E-state index in [0.29, 0.717) is 18.7 Å². The quantitative estimate of drug-likeness (QED) is 0.832. The van der Waals surface area contributed by atoms with Crippen molar-refractivity contribution < 1.29 is 8.42 Å². The standard InChI is InChI=1S/C15H20N2O2S2/c1-2-21(18,19)15-12-20-11-10-17(15)14(8-9-16)13-6-4-3-5-7-13/h3-7,14-15H,2,8,10-12H2,1H3. The zero-order valence-corrected chi connectivity index (χ0v) is 13.7. The third-order valence-electron chi connectivity index (χ3n) is 3.81. The van der Waals surface area contributed by atoms with Gasteiger partial charge in [-0.1, -0.05) is 37.3 Å². The lowest BCUT2D eigenvalue weighted by Gasteiger charge is -2.39. The van der Waals surface area contributed by atoms with Crippen molar-refractivity contribution in [3.05, 3.63) is 35.9 Å². The Hall–Kier alpha value is -1.03. The molecule has 0 aliphatic carbocycles. The normalized spacial score (nSPS) is 21.6. The van der Waals surface area contributed by atoms with Crippen molar-refractivity contribution in [2.24, 2.45) is 0 Å². The highest BCUT2D eigenvalue weighted by Gasteiger charge is 2.37. The lowest BCUT2D eigenvalue weighted by molar-refractivity contribution is 0.195. The van der Waals surface area contributed by atoms with Crippen LogP contribution in [0.5, 0.6) is 0 Å². The minimum absolute atomic E-state index is 0.142. The van der Waals surface area contributed by atoms with Crippen molar-refractivity contribution in [2.75, 3.05) is 23.8 Å². The van der Waals surface area contributed by atoms with Gasteiger partial charge in [0.05, 0.1) is 12.5 Å². The van der Waals surface area contributed by atoms with Crippen LogP contribution in [0.3, 0.4) is 0 Å². The summed E-state index contributed by atoms with van der Waals surface area (Å²) in [6.45, 7) is 2.39. The lowest BCUT2D eigenvalue weighted by atomic mass is 10.0. The maximum absolute atomic E-state index is 12.4. The molecule has 0 saturated carbocycles. The zero-order valence-electron chi connectivity index (χ0n) is 12.1. The van der Waals surface area contributed by atoms with Crippen LogP contribution in [0, 0.1) is 11.3 Å². The van der Waals surface area contributed by atoms with E-state index in [0.717, 1.165) is 11.3 Å². The fraction of sp³-hybridized carbons (Fsp3) is 0.533. The van der Waals surface area contributed by atoms with Crippen LogP contribution in [0.1, 0.15) is 24.9 Å². The largest absolute Gasteiger partial charge is 0.278 e. The number of benzene rings is 1. The van der Waals surface area contributed by atoms with Crippen LogP contribution in [0.25, 0.3) is 0 Å². The number of hydrogen-bond donors (Lipinski definition) is 0. The molecule has 1 aromatic carbocycles. The molecule has 0 bridgehead atoms. The van der Waals surface area contributed by atoms with Gasteiger partial charge in [-0.2, -0.15) is 17.0 Å². The number of nitriles is 1. The minimum atomic E-state index is -3.15. The molecule has 0 radical (unpaired) electrons. The molecule has 4 nitrogen and oxygen atoms in total. The highest BCUT2D eigenvalue weighted by atomic mass is 32.2. The van der Waals surface area contributed by atoms with Crippen LogP contribution in [0.2, 0.25) is 0 Å². The number of thioether (sulfide) groups is 1. The van der Waals surface area contributed by atoms with Gasteiger partial charge in [-0.25, -0.2) is 8.42 Å². The SMILES string of the molecule is CCS(=O)(=O)C1CSCCN1C(CC#N)c1ccccc1. The summed E-state index contributed by atoms with van der Waals surface area (Å²) >= 11 is 1.68. The molecule has 1 aliphatic heterocycles. The van der Waals surface area contributed by atoms with E-state index >= 15 is 0 Å². The van der Waals surface area contributed by atoms with Crippen LogP contribution >= 0.6 is 11.8 Å². The average molecular weight is 324 g/mol. The predicted octanol–water partition coefficient (Wildman–Crippen LogP) is 2.45. The third-order valence-corrected chi connectivity index (χ3v) is 7.12. The summed E-state index contributed by atoms with van der Waals surface area (Å²) in [6.07, 6.45) is 0.310. The van der Waals surface area contributed by atoms with Crippen LogP contribution in [0.4, 0.5) is 0 Å². The van der Waals surface area contributed by atoms with Crippen molar-refractivity contribution in [2.45, 2.75) is 24.8 Å². The molecule has 0 amide bonds. The van der Waals surface area contributed by atoms with E-state index in [1.807, 2.05) is 35.2 Å². The summed E-state index contributed by atoms with van der Waals surface area (Å²) in [7, 11) is -3.15. The first-order valence-corrected chi connectivity index (χ1v) is 9.94. The number of sulfone groups is 1. The molecule has 2 atom stereocenters. The van der Waals surface area contributed by atoms with E-state index in [9.17, 15) is 8.42 Å². The first-order chi connectivity index (χ1) is 10.1. The summed E-state index contributed by atoms with van der Waals surface area (Å²) in [6, 6.07) is 11.8. The van der Waals surface area contributed by atoms with E-state index in [1.165, 1.54) is 0 Å². The second-order valence-corrected chi connectivity index (χ2v) is 8.60. The molecule has 1 heterocycles. The van der Waals surface area contributed by atoms with Gasteiger partial charge in [0.25, 0.3) is 0 Å². The molecule has 114 valence electrons. The van der Waals surface area contributed by atoms with Crippen LogP contribution in [-0.2, 0) is 9.84 Å². The molecule has 1 aliphatic rings. The molecule has 6 heteroatoms. The van der Waals surface area contributed by atoms with Crippen molar-refractivity contribution in [3.63, 3.8) is 0 Å². The van der Waals surface area contributed by atoms with Gasteiger partial charge in [-0.15, -0.1) is 0 Å². The number of hydrogen-bond acceptors (Lipinski definition) is 5. The minimum Gasteiger partial charge on any atom is -0.278 e. The van der Waals surface area contributed by atoms with E-state index in [-0.39, 0.29) is 11.8 Å². The third kappa shape index (κ3) is 3.79. The highest BCUT2D eigenvalue weighted by molar-refractivity contribution is 8.01.